The van der Waals surface area contributed by atoms with Crippen molar-refractivity contribution in [1.82, 2.24) is 5.32 Å². The minimum Gasteiger partial charge on any atom is -0.349 e. The monoisotopic (exact) mass is 235 g/mol. The highest BCUT2D eigenvalue weighted by molar-refractivity contribution is 5.94. The lowest BCUT2D eigenvalue weighted by molar-refractivity contribution is 0.0927. The zero-order valence-electron chi connectivity index (χ0n) is 10.2. The lowest BCUT2D eigenvalue weighted by Crippen LogP contribution is -2.37. The van der Waals surface area contributed by atoms with Crippen molar-refractivity contribution in [2.75, 3.05) is 0 Å². The van der Waals surface area contributed by atoms with E-state index in [2.05, 4.69) is 19.2 Å². The molecule has 0 saturated heterocycles. The molecular weight excluding hydrogens is 217 g/mol. The van der Waals surface area contributed by atoms with Crippen LogP contribution in [0.5, 0.6) is 0 Å². The molecule has 1 aliphatic carbocycles. The van der Waals surface area contributed by atoms with Crippen LogP contribution in [0.2, 0.25) is 0 Å². The summed E-state index contributed by atoms with van der Waals surface area (Å²) in [6.07, 6.45) is 2.20. The van der Waals surface area contributed by atoms with Crippen molar-refractivity contribution in [2.45, 2.75) is 32.7 Å². The number of carbonyl (C=O) groups is 1. The number of nitrogens with one attached hydrogen (secondary N) is 1. The second-order valence-corrected chi connectivity index (χ2v) is 5.00. The Balaban J connectivity index is 2.00. The third-order valence-electron chi connectivity index (χ3n) is 3.89. The van der Waals surface area contributed by atoms with E-state index in [1.165, 1.54) is 24.3 Å². The fraction of sp³-hybridized carbons (Fsp3) is 0.500. The Bertz CT molecular complexity index is 401. The standard InChI is InChI=1S/C14H18FNO/c1-9-3-8-13(10(9)2)16-14(17)11-4-6-12(15)7-5-11/h4-7,9-10,13H,3,8H2,1-2H3,(H,16,17). The van der Waals surface area contributed by atoms with Gasteiger partial charge in [-0.15, -0.1) is 0 Å². The maximum Gasteiger partial charge on any atom is 0.251 e. The van der Waals surface area contributed by atoms with Crippen LogP contribution in [-0.2, 0) is 0 Å². The van der Waals surface area contributed by atoms with Gasteiger partial charge in [0.1, 0.15) is 5.82 Å². The highest BCUT2D eigenvalue weighted by atomic mass is 19.1. The van der Waals surface area contributed by atoms with Crippen molar-refractivity contribution in [2.24, 2.45) is 11.8 Å². The van der Waals surface area contributed by atoms with Gasteiger partial charge >= 0.3 is 0 Å². The Morgan fingerprint density at radius 1 is 1.24 bits per heavy atom. The van der Waals surface area contributed by atoms with E-state index < -0.39 is 0 Å². The summed E-state index contributed by atoms with van der Waals surface area (Å²) >= 11 is 0. The van der Waals surface area contributed by atoms with Crippen LogP contribution in [0.3, 0.4) is 0 Å². The summed E-state index contributed by atoms with van der Waals surface area (Å²) in [6, 6.07) is 5.93. The summed E-state index contributed by atoms with van der Waals surface area (Å²) in [5, 5.41) is 3.03. The van der Waals surface area contributed by atoms with Crippen LogP contribution in [0.15, 0.2) is 24.3 Å². The molecule has 2 rings (SSSR count). The SMILES string of the molecule is CC1CCC(NC(=O)c2ccc(F)cc2)C1C. The first-order chi connectivity index (χ1) is 8.08. The summed E-state index contributed by atoms with van der Waals surface area (Å²) in [4.78, 5) is 11.9. The molecule has 1 aromatic rings. The molecule has 0 aromatic heterocycles. The number of benzene rings is 1. The van der Waals surface area contributed by atoms with E-state index in [-0.39, 0.29) is 17.8 Å². The smallest absolute Gasteiger partial charge is 0.251 e. The third kappa shape index (κ3) is 2.65. The first kappa shape index (κ1) is 12.1. The molecule has 17 heavy (non-hydrogen) atoms. The van der Waals surface area contributed by atoms with Gasteiger partial charge in [0.15, 0.2) is 0 Å². The number of hydrogen-bond acceptors (Lipinski definition) is 1. The fourth-order valence-electron chi connectivity index (χ4n) is 2.42. The van der Waals surface area contributed by atoms with Crippen LogP contribution in [0, 0.1) is 17.7 Å². The topological polar surface area (TPSA) is 29.1 Å². The molecule has 3 heteroatoms. The molecule has 1 aliphatic rings. The number of rotatable bonds is 2. The fourth-order valence-corrected chi connectivity index (χ4v) is 2.42. The minimum absolute atomic E-state index is 0.101. The molecule has 1 amide bonds. The summed E-state index contributed by atoms with van der Waals surface area (Å²) < 4.78 is 12.7. The van der Waals surface area contributed by atoms with Crippen molar-refractivity contribution >= 4 is 5.91 Å². The van der Waals surface area contributed by atoms with Crippen LogP contribution < -0.4 is 5.32 Å². The zero-order valence-corrected chi connectivity index (χ0v) is 10.2. The average molecular weight is 235 g/mol. The van der Waals surface area contributed by atoms with Gasteiger partial charge in [-0.3, -0.25) is 4.79 Å². The second kappa shape index (κ2) is 4.86. The van der Waals surface area contributed by atoms with E-state index >= 15 is 0 Å². The van der Waals surface area contributed by atoms with Gasteiger partial charge in [0.25, 0.3) is 5.91 Å². The highest BCUT2D eigenvalue weighted by Crippen LogP contribution is 2.31. The van der Waals surface area contributed by atoms with E-state index in [9.17, 15) is 9.18 Å². The number of carbonyl (C=O) groups excluding carboxylic acids is 1. The molecule has 0 spiro atoms. The van der Waals surface area contributed by atoms with Crippen LogP contribution in [-0.4, -0.2) is 11.9 Å². The molecule has 92 valence electrons. The molecular formula is C14H18FNO. The Labute approximate surface area is 101 Å². The maximum absolute atomic E-state index is 12.7. The normalized spacial score (nSPS) is 28.1. The van der Waals surface area contributed by atoms with Gasteiger partial charge in [-0.25, -0.2) is 4.39 Å². The maximum atomic E-state index is 12.7. The molecule has 3 unspecified atom stereocenters. The largest absolute Gasteiger partial charge is 0.349 e. The van der Waals surface area contributed by atoms with E-state index in [0.717, 1.165) is 12.8 Å². The van der Waals surface area contributed by atoms with Crippen molar-refractivity contribution in [3.05, 3.63) is 35.6 Å². The summed E-state index contributed by atoms with van der Waals surface area (Å²) in [7, 11) is 0. The first-order valence-corrected chi connectivity index (χ1v) is 6.14. The van der Waals surface area contributed by atoms with Gasteiger partial charge in [0.05, 0.1) is 0 Å². The van der Waals surface area contributed by atoms with Crippen molar-refractivity contribution in [3.63, 3.8) is 0 Å². The van der Waals surface area contributed by atoms with E-state index in [1.807, 2.05) is 0 Å². The summed E-state index contributed by atoms with van der Waals surface area (Å²) in [5.41, 5.74) is 0.526. The molecule has 0 heterocycles. The zero-order chi connectivity index (χ0) is 12.4. The first-order valence-electron chi connectivity index (χ1n) is 6.14. The summed E-state index contributed by atoms with van der Waals surface area (Å²) in [5.74, 6) is 0.758. The highest BCUT2D eigenvalue weighted by Gasteiger charge is 2.30. The Morgan fingerprint density at radius 2 is 1.88 bits per heavy atom. The van der Waals surface area contributed by atoms with Gasteiger partial charge < -0.3 is 5.32 Å². The van der Waals surface area contributed by atoms with E-state index in [4.69, 9.17) is 0 Å². The van der Waals surface area contributed by atoms with Gasteiger partial charge in [0, 0.05) is 11.6 Å². The van der Waals surface area contributed by atoms with Crippen LogP contribution in [0.25, 0.3) is 0 Å². The van der Waals surface area contributed by atoms with Gasteiger partial charge in [0.2, 0.25) is 0 Å². The average Bonchev–Trinajstić information content (AvgIpc) is 2.62. The van der Waals surface area contributed by atoms with Gasteiger partial charge in [-0.2, -0.15) is 0 Å². The quantitative estimate of drug-likeness (QED) is 0.838. The van der Waals surface area contributed by atoms with E-state index in [1.54, 1.807) is 0 Å². The number of hydrogen-bond donors (Lipinski definition) is 1. The Hall–Kier alpha value is -1.38. The van der Waals surface area contributed by atoms with Gasteiger partial charge in [-0.05, 0) is 48.9 Å². The molecule has 0 bridgehead atoms. The molecule has 0 aliphatic heterocycles. The Morgan fingerprint density at radius 3 is 2.41 bits per heavy atom. The van der Waals surface area contributed by atoms with Crippen LogP contribution >= 0.6 is 0 Å². The predicted octanol–water partition coefficient (Wildman–Crippen LogP) is 2.99. The number of amides is 1. The van der Waals surface area contributed by atoms with Crippen LogP contribution in [0.1, 0.15) is 37.0 Å². The Kier molecular flexibility index (Phi) is 3.46. The lowest BCUT2D eigenvalue weighted by Gasteiger charge is -2.19. The second-order valence-electron chi connectivity index (χ2n) is 5.00. The molecule has 3 atom stereocenters. The molecule has 1 fully saturated rings. The molecule has 1 aromatic carbocycles. The summed E-state index contributed by atoms with van der Waals surface area (Å²) in [6.45, 7) is 4.39. The van der Waals surface area contributed by atoms with Crippen molar-refractivity contribution < 1.29 is 9.18 Å². The molecule has 0 radical (unpaired) electrons. The van der Waals surface area contributed by atoms with Crippen molar-refractivity contribution in [3.8, 4) is 0 Å². The van der Waals surface area contributed by atoms with E-state index in [0.29, 0.717) is 17.4 Å². The van der Waals surface area contributed by atoms with Crippen LogP contribution in [0.4, 0.5) is 4.39 Å². The number of halogens is 1. The minimum atomic E-state index is -0.315. The molecule has 1 saturated carbocycles. The van der Waals surface area contributed by atoms with Crippen molar-refractivity contribution in [1.29, 1.82) is 0 Å². The molecule has 1 N–H and O–H groups in total. The molecule has 2 nitrogen and oxygen atoms in total. The lowest BCUT2D eigenvalue weighted by atomic mass is 9.97. The van der Waals surface area contributed by atoms with Gasteiger partial charge in [-0.1, -0.05) is 13.8 Å². The predicted molar refractivity (Wildman–Crippen MR) is 65.2 cm³/mol. The third-order valence-corrected chi connectivity index (χ3v) is 3.89.